The molecular weight excluding hydrogens is 345 g/mol. The van der Waals surface area contributed by atoms with Gasteiger partial charge in [0, 0.05) is 6.42 Å². The van der Waals surface area contributed by atoms with Crippen LogP contribution in [0.2, 0.25) is 0 Å². The summed E-state index contributed by atoms with van der Waals surface area (Å²) in [6.07, 6.45) is -1.48. The number of rotatable bonds is 7. The first-order valence-electron chi connectivity index (χ1n) is 5.01. The van der Waals surface area contributed by atoms with Gasteiger partial charge >= 0.3 is 23.5 Å². The quantitative estimate of drug-likeness (QED) is 0.378. The third kappa shape index (κ3) is 6.86. The van der Waals surface area contributed by atoms with E-state index in [1.807, 2.05) is 0 Å². The van der Waals surface area contributed by atoms with Gasteiger partial charge in [0.15, 0.2) is 6.29 Å². The van der Waals surface area contributed by atoms with Crippen molar-refractivity contribution in [3.63, 3.8) is 0 Å². The molecule has 0 spiro atoms. The summed E-state index contributed by atoms with van der Waals surface area (Å²) >= 11 is 0. The number of aliphatic hydroxyl groups is 1. The van der Waals surface area contributed by atoms with Gasteiger partial charge in [0.25, 0.3) is 0 Å². The van der Waals surface area contributed by atoms with Gasteiger partial charge in [0.1, 0.15) is 0 Å². The van der Waals surface area contributed by atoms with Gasteiger partial charge in [-0.05, 0) is 6.42 Å². The minimum atomic E-state index is -5.52. The van der Waals surface area contributed by atoms with Gasteiger partial charge in [-0.3, -0.25) is 4.52 Å². The van der Waals surface area contributed by atoms with E-state index in [0.29, 0.717) is 6.42 Å². The van der Waals surface area contributed by atoms with Crippen LogP contribution in [-0.4, -0.2) is 43.7 Å². The molecule has 0 bridgehead atoms. The molecule has 1 fully saturated rings. The maximum absolute atomic E-state index is 11.4. The fraction of sp³-hybridized carbons (Fsp3) is 1.00. The van der Waals surface area contributed by atoms with Gasteiger partial charge in [-0.25, -0.2) is 13.7 Å². The fourth-order valence-corrected chi connectivity index (χ4v) is 4.44. The highest BCUT2D eigenvalue weighted by Crippen LogP contribution is 2.66. The van der Waals surface area contributed by atoms with E-state index in [0.717, 1.165) is 0 Å². The summed E-state index contributed by atoms with van der Waals surface area (Å²) in [7, 11) is -16.1. The van der Waals surface area contributed by atoms with E-state index in [-0.39, 0.29) is 13.0 Å². The second kappa shape index (κ2) is 6.62. The summed E-state index contributed by atoms with van der Waals surface area (Å²) in [4.78, 5) is 34.7. The van der Waals surface area contributed by atoms with Gasteiger partial charge in [-0.1, -0.05) is 0 Å². The number of hydrogen-bond donors (Lipinski definition) is 5. The minimum absolute atomic E-state index is 0.105. The van der Waals surface area contributed by atoms with Crippen molar-refractivity contribution in [2.75, 3.05) is 6.61 Å². The molecule has 120 valence electrons. The van der Waals surface area contributed by atoms with E-state index >= 15 is 0 Å². The highest BCUT2D eigenvalue weighted by molar-refractivity contribution is 7.66. The predicted molar refractivity (Wildman–Crippen MR) is 59.9 cm³/mol. The van der Waals surface area contributed by atoms with Crippen LogP contribution in [0.3, 0.4) is 0 Å². The molecular formula is C5H13O12P3. The number of aliphatic hydroxyl groups excluding tert-OH is 1. The summed E-state index contributed by atoms with van der Waals surface area (Å²) in [5.74, 6) is 0. The summed E-state index contributed by atoms with van der Waals surface area (Å²) in [6, 6.07) is 0. The van der Waals surface area contributed by atoms with E-state index in [9.17, 15) is 13.7 Å². The Bertz CT molecular complexity index is 470. The van der Waals surface area contributed by atoms with Crippen molar-refractivity contribution in [2.24, 2.45) is 0 Å². The van der Waals surface area contributed by atoms with Crippen LogP contribution in [0.15, 0.2) is 0 Å². The zero-order chi connectivity index (χ0) is 15.6. The first-order chi connectivity index (χ1) is 8.92. The van der Waals surface area contributed by atoms with Crippen LogP contribution < -0.4 is 0 Å². The van der Waals surface area contributed by atoms with E-state index in [2.05, 4.69) is 13.1 Å². The Morgan fingerprint density at radius 2 is 1.60 bits per heavy atom. The van der Waals surface area contributed by atoms with Crippen molar-refractivity contribution in [3.05, 3.63) is 0 Å². The lowest BCUT2D eigenvalue weighted by molar-refractivity contribution is -0.0948. The number of phosphoric acid groups is 3. The van der Waals surface area contributed by atoms with Crippen molar-refractivity contribution >= 4 is 23.5 Å². The maximum atomic E-state index is 11.4. The van der Waals surface area contributed by atoms with Gasteiger partial charge in [0.05, 0.1) is 12.7 Å². The second-order valence-electron chi connectivity index (χ2n) is 3.64. The van der Waals surface area contributed by atoms with Gasteiger partial charge in [0.2, 0.25) is 0 Å². The lowest BCUT2D eigenvalue weighted by atomic mass is 10.2. The zero-order valence-corrected chi connectivity index (χ0v) is 12.4. The molecule has 20 heavy (non-hydrogen) atoms. The first kappa shape index (κ1) is 18.4. The van der Waals surface area contributed by atoms with Gasteiger partial charge in [-0.2, -0.15) is 8.62 Å². The molecule has 5 N–H and O–H groups in total. The van der Waals surface area contributed by atoms with E-state index in [1.54, 1.807) is 0 Å². The second-order valence-corrected chi connectivity index (χ2v) is 8.02. The molecule has 15 heteroatoms. The molecule has 1 aliphatic rings. The van der Waals surface area contributed by atoms with Crippen LogP contribution in [-0.2, 0) is 31.6 Å². The van der Waals surface area contributed by atoms with E-state index in [1.165, 1.54) is 0 Å². The van der Waals surface area contributed by atoms with Crippen LogP contribution in [0.5, 0.6) is 0 Å². The third-order valence-corrected chi connectivity index (χ3v) is 5.77. The van der Waals surface area contributed by atoms with Crippen LogP contribution in [0.25, 0.3) is 0 Å². The highest BCUT2D eigenvalue weighted by Gasteiger charge is 2.43. The molecule has 1 aliphatic heterocycles. The normalized spacial score (nSPS) is 29.9. The molecule has 4 atom stereocenters. The van der Waals surface area contributed by atoms with Crippen molar-refractivity contribution in [3.8, 4) is 0 Å². The average molecular weight is 358 g/mol. The van der Waals surface area contributed by atoms with E-state index < -0.39 is 35.9 Å². The van der Waals surface area contributed by atoms with Crippen LogP contribution >= 0.6 is 23.5 Å². The smallest absolute Gasteiger partial charge is 0.394 e. The monoisotopic (exact) mass is 358 g/mol. The topological polar surface area (TPSA) is 189 Å². The third-order valence-electron chi connectivity index (χ3n) is 1.94. The molecule has 1 saturated heterocycles. The number of phosphoric ester groups is 1. The Morgan fingerprint density at radius 1 is 1.00 bits per heavy atom. The summed E-state index contributed by atoms with van der Waals surface area (Å²) in [5.41, 5.74) is 0. The number of ether oxygens (including phenoxy) is 1. The number of hydrogen-bond acceptors (Lipinski definition) is 8. The summed E-state index contributed by atoms with van der Waals surface area (Å²) < 4.78 is 49.1. The Labute approximate surface area is 112 Å². The summed E-state index contributed by atoms with van der Waals surface area (Å²) in [6.45, 7) is -0.351. The first-order valence-corrected chi connectivity index (χ1v) is 9.53. The van der Waals surface area contributed by atoms with Crippen LogP contribution in [0.1, 0.15) is 12.8 Å². The van der Waals surface area contributed by atoms with Gasteiger partial charge in [-0.15, -0.1) is 0 Å². The van der Waals surface area contributed by atoms with Crippen molar-refractivity contribution in [1.29, 1.82) is 0 Å². The molecule has 0 aliphatic carbocycles. The Morgan fingerprint density at radius 3 is 2.05 bits per heavy atom. The maximum Gasteiger partial charge on any atom is 0.490 e. The highest BCUT2D eigenvalue weighted by atomic mass is 31.3. The Hall–Kier alpha value is 0.330. The van der Waals surface area contributed by atoms with E-state index in [4.69, 9.17) is 29.4 Å². The Kier molecular flexibility index (Phi) is 6.08. The standard InChI is InChI=1S/C5H13O12P3/c6-3-4-1-2-5(14-4)15-19(10,11)17-20(12,13)16-18(7,8)9/h4-6H,1-3H2,(H,10,11)(H,12,13)(H2,7,8,9)/t4-,5?/m0/s1. The summed E-state index contributed by atoms with van der Waals surface area (Å²) in [5, 5.41) is 8.76. The van der Waals surface area contributed by atoms with Crippen molar-refractivity contribution in [1.82, 2.24) is 0 Å². The van der Waals surface area contributed by atoms with Crippen molar-refractivity contribution < 1.29 is 56.3 Å². The fourth-order valence-electron chi connectivity index (χ4n) is 1.33. The average Bonchev–Trinajstić information content (AvgIpc) is 2.58. The molecule has 0 saturated carbocycles. The van der Waals surface area contributed by atoms with Gasteiger partial charge < -0.3 is 29.4 Å². The van der Waals surface area contributed by atoms with Crippen LogP contribution in [0, 0.1) is 0 Å². The largest absolute Gasteiger partial charge is 0.490 e. The minimum Gasteiger partial charge on any atom is -0.394 e. The lowest BCUT2D eigenvalue weighted by Crippen LogP contribution is -2.16. The van der Waals surface area contributed by atoms with Crippen molar-refractivity contribution in [2.45, 2.75) is 25.2 Å². The molecule has 1 rings (SSSR count). The lowest BCUT2D eigenvalue weighted by Gasteiger charge is -2.19. The van der Waals surface area contributed by atoms with Crippen LogP contribution in [0.4, 0.5) is 0 Å². The molecule has 1 heterocycles. The Balaban J connectivity index is 2.59. The SMILES string of the molecule is O=P(O)(O)OP(=O)(O)OP(=O)(O)OC1CC[C@@H](CO)O1. The molecule has 0 amide bonds. The molecule has 0 aromatic carbocycles. The zero-order valence-electron chi connectivity index (χ0n) is 9.71. The molecule has 12 nitrogen and oxygen atoms in total. The molecule has 3 unspecified atom stereocenters. The molecule has 0 radical (unpaired) electrons. The predicted octanol–water partition coefficient (Wildman–Crippen LogP) is -0.173. The molecule has 0 aromatic heterocycles. The molecule has 0 aromatic rings.